The van der Waals surface area contributed by atoms with Gasteiger partial charge < -0.3 is 4.90 Å². The molecule has 0 aliphatic heterocycles. The number of carbonyl (C=O) groups excluding carboxylic acids is 1. The van der Waals surface area contributed by atoms with Gasteiger partial charge in [0.15, 0.2) is 0 Å². The molecular formula is C14H19NO. The van der Waals surface area contributed by atoms with E-state index in [-0.39, 0.29) is 11.3 Å². The molecule has 0 saturated heterocycles. The summed E-state index contributed by atoms with van der Waals surface area (Å²) in [6.45, 7) is 7.77. The van der Waals surface area contributed by atoms with Gasteiger partial charge in [-0.15, -0.1) is 6.58 Å². The Morgan fingerprint density at radius 1 is 1.38 bits per heavy atom. The van der Waals surface area contributed by atoms with Gasteiger partial charge in [-0.2, -0.15) is 0 Å². The summed E-state index contributed by atoms with van der Waals surface area (Å²) >= 11 is 0. The van der Waals surface area contributed by atoms with Crippen molar-refractivity contribution in [2.24, 2.45) is 5.41 Å². The Balaban J connectivity index is 2.72. The number of para-hydroxylation sites is 1. The Morgan fingerprint density at radius 3 is 2.44 bits per heavy atom. The van der Waals surface area contributed by atoms with Crippen molar-refractivity contribution in [3.63, 3.8) is 0 Å². The molecule has 0 fully saturated rings. The van der Waals surface area contributed by atoms with Gasteiger partial charge in [0.2, 0.25) is 5.91 Å². The fraction of sp³-hybridized carbons (Fsp3) is 0.357. The van der Waals surface area contributed by atoms with E-state index in [9.17, 15) is 4.79 Å². The lowest BCUT2D eigenvalue weighted by molar-refractivity contribution is -0.119. The first-order chi connectivity index (χ1) is 7.46. The minimum Gasteiger partial charge on any atom is -0.315 e. The van der Waals surface area contributed by atoms with Crippen LogP contribution in [0.25, 0.3) is 0 Å². The summed E-state index contributed by atoms with van der Waals surface area (Å²) in [6.07, 6.45) is 2.30. The monoisotopic (exact) mass is 217 g/mol. The van der Waals surface area contributed by atoms with Crippen LogP contribution in [0, 0.1) is 5.41 Å². The lowest BCUT2D eigenvalue weighted by atomic mass is 9.89. The second kappa shape index (κ2) is 4.97. The molecular weight excluding hydrogens is 198 g/mol. The Labute approximate surface area is 97.6 Å². The highest BCUT2D eigenvalue weighted by Crippen LogP contribution is 2.23. The van der Waals surface area contributed by atoms with Crippen LogP contribution in [0.5, 0.6) is 0 Å². The van der Waals surface area contributed by atoms with Crippen molar-refractivity contribution in [2.75, 3.05) is 11.9 Å². The highest BCUT2D eigenvalue weighted by molar-refractivity contribution is 5.93. The van der Waals surface area contributed by atoms with E-state index in [4.69, 9.17) is 0 Å². The predicted octanol–water partition coefficient (Wildman–Crippen LogP) is 3.25. The first kappa shape index (κ1) is 12.5. The smallest absolute Gasteiger partial charge is 0.227 e. The zero-order valence-corrected chi connectivity index (χ0v) is 10.2. The zero-order chi connectivity index (χ0) is 12.2. The molecule has 1 aromatic rings. The maximum absolute atomic E-state index is 12.0. The average Bonchev–Trinajstić information content (AvgIpc) is 2.28. The van der Waals surface area contributed by atoms with Gasteiger partial charge in [-0.25, -0.2) is 0 Å². The molecule has 2 nitrogen and oxygen atoms in total. The Kier molecular flexibility index (Phi) is 3.88. The van der Waals surface area contributed by atoms with E-state index in [0.717, 1.165) is 5.69 Å². The molecule has 86 valence electrons. The number of hydrogen-bond donors (Lipinski definition) is 0. The fourth-order valence-corrected chi connectivity index (χ4v) is 1.38. The molecule has 1 aromatic carbocycles. The number of amides is 1. The topological polar surface area (TPSA) is 20.3 Å². The molecule has 0 bridgehead atoms. The molecule has 0 radical (unpaired) electrons. The summed E-state index contributed by atoms with van der Waals surface area (Å²) in [4.78, 5) is 13.7. The van der Waals surface area contributed by atoms with E-state index in [2.05, 4.69) is 6.58 Å². The molecule has 0 spiro atoms. The third-order valence-corrected chi connectivity index (χ3v) is 2.68. The lowest BCUT2D eigenvalue weighted by Crippen LogP contribution is -2.30. The number of benzene rings is 1. The summed E-state index contributed by atoms with van der Waals surface area (Å²) < 4.78 is 0. The van der Waals surface area contributed by atoms with Crippen LogP contribution < -0.4 is 4.90 Å². The number of nitrogens with zero attached hydrogens (tertiary/aromatic N) is 1. The van der Waals surface area contributed by atoms with Gasteiger partial charge in [-0.3, -0.25) is 4.79 Å². The quantitative estimate of drug-likeness (QED) is 0.709. The first-order valence-corrected chi connectivity index (χ1v) is 5.41. The molecule has 0 aliphatic rings. The first-order valence-electron chi connectivity index (χ1n) is 5.41. The van der Waals surface area contributed by atoms with Crippen molar-refractivity contribution >= 4 is 11.6 Å². The van der Waals surface area contributed by atoms with E-state index in [1.807, 2.05) is 50.3 Å². The maximum Gasteiger partial charge on any atom is 0.227 e. The molecule has 1 rings (SSSR count). The molecule has 1 amide bonds. The standard InChI is InChI=1S/C14H19NO/c1-5-14(2,3)11-13(16)15(4)12-9-7-6-8-10-12/h5-10H,1,11H2,2-4H3. The third kappa shape index (κ3) is 3.23. The number of rotatable bonds is 4. The van der Waals surface area contributed by atoms with E-state index in [0.29, 0.717) is 6.42 Å². The summed E-state index contributed by atoms with van der Waals surface area (Å²) in [7, 11) is 1.80. The van der Waals surface area contributed by atoms with Gasteiger partial charge in [0, 0.05) is 19.2 Å². The molecule has 16 heavy (non-hydrogen) atoms. The predicted molar refractivity (Wildman–Crippen MR) is 68.4 cm³/mol. The van der Waals surface area contributed by atoms with Gasteiger partial charge in [0.05, 0.1) is 0 Å². The summed E-state index contributed by atoms with van der Waals surface area (Å²) in [6, 6.07) is 9.66. The number of carbonyl (C=O) groups is 1. The van der Waals surface area contributed by atoms with Crippen LogP contribution in [0.2, 0.25) is 0 Å². The van der Waals surface area contributed by atoms with Gasteiger partial charge in [0.25, 0.3) is 0 Å². The molecule has 2 heteroatoms. The van der Waals surface area contributed by atoms with Gasteiger partial charge >= 0.3 is 0 Å². The Bertz CT molecular complexity index is 368. The van der Waals surface area contributed by atoms with Crippen LogP contribution >= 0.6 is 0 Å². The lowest BCUT2D eigenvalue weighted by Gasteiger charge is -2.24. The van der Waals surface area contributed by atoms with Crippen molar-refractivity contribution in [2.45, 2.75) is 20.3 Å². The van der Waals surface area contributed by atoms with E-state index in [1.165, 1.54) is 0 Å². The number of hydrogen-bond acceptors (Lipinski definition) is 1. The number of allylic oxidation sites excluding steroid dienone is 1. The largest absolute Gasteiger partial charge is 0.315 e. The van der Waals surface area contributed by atoms with Gasteiger partial charge in [0.1, 0.15) is 0 Å². The number of anilines is 1. The normalized spacial score (nSPS) is 10.9. The fourth-order valence-electron chi connectivity index (χ4n) is 1.38. The van der Waals surface area contributed by atoms with Gasteiger partial charge in [-0.05, 0) is 17.5 Å². The van der Waals surface area contributed by atoms with Crippen molar-refractivity contribution < 1.29 is 4.79 Å². The average molecular weight is 217 g/mol. The van der Waals surface area contributed by atoms with Crippen molar-refractivity contribution in [1.82, 2.24) is 0 Å². The molecule has 0 aliphatic carbocycles. The summed E-state index contributed by atoms with van der Waals surface area (Å²) in [5, 5.41) is 0. The van der Waals surface area contributed by atoms with Crippen LogP contribution in [0.1, 0.15) is 20.3 Å². The second-order valence-electron chi connectivity index (χ2n) is 4.66. The molecule has 0 unspecified atom stereocenters. The van der Waals surface area contributed by atoms with Crippen molar-refractivity contribution in [1.29, 1.82) is 0 Å². The van der Waals surface area contributed by atoms with E-state index in [1.54, 1.807) is 11.9 Å². The van der Waals surface area contributed by atoms with Crippen LogP contribution in [0.15, 0.2) is 43.0 Å². The summed E-state index contributed by atoms with van der Waals surface area (Å²) in [5.74, 6) is 0.108. The molecule has 0 atom stereocenters. The molecule has 0 heterocycles. The second-order valence-corrected chi connectivity index (χ2v) is 4.66. The summed E-state index contributed by atoms with van der Waals surface area (Å²) in [5.41, 5.74) is 0.771. The molecule has 0 saturated carbocycles. The Hall–Kier alpha value is -1.57. The van der Waals surface area contributed by atoms with E-state index < -0.39 is 0 Å². The Morgan fingerprint density at radius 2 is 1.94 bits per heavy atom. The van der Waals surface area contributed by atoms with Crippen LogP contribution in [0.4, 0.5) is 5.69 Å². The van der Waals surface area contributed by atoms with Crippen molar-refractivity contribution in [3.8, 4) is 0 Å². The minimum atomic E-state index is -0.153. The van der Waals surface area contributed by atoms with Crippen LogP contribution in [-0.4, -0.2) is 13.0 Å². The SMILES string of the molecule is C=CC(C)(C)CC(=O)N(C)c1ccccc1. The van der Waals surface area contributed by atoms with Crippen LogP contribution in [0.3, 0.4) is 0 Å². The minimum absolute atomic E-state index is 0.108. The van der Waals surface area contributed by atoms with Gasteiger partial charge in [-0.1, -0.05) is 38.1 Å². The molecule has 0 N–H and O–H groups in total. The zero-order valence-electron chi connectivity index (χ0n) is 10.2. The highest BCUT2D eigenvalue weighted by Gasteiger charge is 2.21. The highest BCUT2D eigenvalue weighted by atomic mass is 16.2. The maximum atomic E-state index is 12.0. The molecule has 0 aromatic heterocycles. The van der Waals surface area contributed by atoms with E-state index >= 15 is 0 Å². The van der Waals surface area contributed by atoms with Crippen LogP contribution in [-0.2, 0) is 4.79 Å². The third-order valence-electron chi connectivity index (χ3n) is 2.68. The van der Waals surface area contributed by atoms with Crippen molar-refractivity contribution in [3.05, 3.63) is 43.0 Å².